The third-order valence-corrected chi connectivity index (χ3v) is 29.4. The number of methoxy groups -OCH3 is 2. The van der Waals surface area contributed by atoms with Crippen LogP contribution in [0.1, 0.15) is 6.92 Å². The molecule has 21 aromatic rings. The largest absolute Gasteiger partial charge is 0.497 e. The van der Waals surface area contributed by atoms with Crippen molar-refractivity contribution >= 4 is 190 Å². The van der Waals surface area contributed by atoms with Gasteiger partial charge in [0.25, 0.3) is 0 Å². The Kier molecular flexibility index (Phi) is 27.9. The highest BCUT2D eigenvalue weighted by molar-refractivity contribution is 9.11. The summed E-state index contributed by atoms with van der Waals surface area (Å²) in [5, 5.41) is 24.7. The van der Waals surface area contributed by atoms with E-state index in [4.69, 9.17) is 13.9 Å². The Balaban J connectivity index is 0.000000121. The van der Waals surface area contributed by atoms with Gasteiger partial charge in [-0.05, 0) is 215 Å². The van der Waals surface area contributed by atoms with Gasteiger partial charge in [-0.1, -0.05) is 176 Å². The van der Waals surface area contributed by atoms with Crippen LogP contribution in [0.25, 0.3) is 150 Å². The van der Waals surface area contributed by atoms with Gasteiger partial charge in [0.1, 0.15) is 28.5 Å². The van der Waals surface area contributed by atoms with Crippen molar-refractivity contribution in [3.8, 4) is 112 Å². The first-order valence-electron chi connectivity index (χ1n) is 41.7. The van der Waals surface area contributed by atoms with Gasteiger partial charge in [-0.15, -0.1) is 0 Å². The van der Waals surface area contributed by atoms with Crippen LogP contribution in [0.5, 0.6) is 11.5 Å². The Morgan fingerprint density at radius 3 is 0.943 bits per heavy atom. The van der Waals surface area contributed by atoms with Crippen molar-refractivity contribution in [2.45, 2.75) is 32.7 Å². The number of sulfone groups is 5. The van der Waals surface area contributed by atoms with Crippen molar-refractivity contribution in [3.05, 3.63) is 326 Å². The summed E-state index contributed by atoms with van der Waals surface area (Å²) < 4.78 is 162. The van der Waals surface area contributed by atoms with E-state index in [1.54, 1.807) is 69.3 Å². The molecule has 10 aromatic carbocycles. The number of rotatable bonds is 17. The molecule has 140 heavy (non-hydrogen) atoms. The number of nitrogens with zero attached hydrogens (tertiary/aromatic N) is 15. The molecular formula is C99H74Br5FN16O14S5. The molecule has 0 spiro atoms. The highest BCUT2D eigenvalue weighted by atomic mass is 79.9. The van der Waals surface area contributed by atoms with Gasteiger partial charge in [-0.25, -0.2) is 94.0 Å². The molecule has 0 atom stereocenters. The van der Waals surface area contributed by atoms with Crippen molar-refractivity contribution in [2.24, 2.45) is 0 Å². The fourth-order valence-electron chi connectivity index (χ4n) is 15.1. The van der Waals surface area contributed by atoms with Gasteiger partial charge < -0.3 is 19.2 Å². The summed E-state index contributed by atoms with van der Waals surface area (Å²) in [7, 11) is -14.6. The number of anilines is 1. The standard InChI is InChI=1S/C21H17BrN4O3S.2C20H16BrN3O3S.C19H13BrFN3O2S.C19H12BrN3O3S/c1-13(27)24-17-5-3-4-16(10-17)14-6-8-15(9-7-14)19-11-20-18(22)12-23-26(20)21(25-19)30(2,28)29;1-27-16-9-7-14(8-10-16)13-3-5-15(6-4-13)18-11-19-17(21)12-22-24(19)20(23-18)28(2,25)26;1-27-16-5-3-4-15(10-16)13-6-8-14(9-7-13)18-11-19-17(21)12-22-24(19)20(23-18)28(2,25)26;1-27(25,26)19-23-17(10-18-16(20)11-22-24(18)19)14-4-2-12(3-5-14)13-6-8-15(21)9-7-13;1-27(24,25)19-22-15(9-16-14(20)10-21-23(16)19)13-7-4-6-12-11-5-2-3-8-17(11)26-18(12)13/h3-12H,1-2H3,(H,24,27);2*3-12H,1-2H3;2-11H,1H3;2-10H,1H3. The van der Waals surface area contributed by atoms with Crippen LogP contribution in [0.15, 0.2) is 350 Å². The number of carbonyl (C=O) groups excluding carboxylic acids is 1. The minimum atomic E-state index is -3.59. The summed E-state index contributed by atoms with van der Waals surface area (Å²) in [6.07, 6.45) is 13.3. The highest BCUT2D eigenvalue weighted by Crippen LogP contribution is 2.40. The Morgan fingerprint density at radius 2 is 0.600 bits per heavy atom. The zero-order valence-corrected chi connectivity index (χ0v) is 86.5. The maximum Gasteiger partial charge on any atom is 0.249 e. The van der Waals surface area contributed by atoms with E-state index in [0.29, 0.717) is 84.0 Å². The molecule has 0 unspecified atom stereocenters. The second-order valence-electron chi connectivity index (χ2n) is 31.7. The lowest BCUT2D eigenvalue weighted by molar-refractivity contribution is -0.114. The molecule has 706 valence electrons. The summed E-state index contributed by atoms with van der Waals surface area (Å²) >= 11 is 17.0. The average Bonchev–Trinajstić information content (AvgIpc) is 1.59. The number of ether oxygens (including phenoxy) is 2. The topological polar surface area (TPSA) is 382 Å². The van der Waals surface area contributed by atoms with E-state index in [-0.39, 0.29) is 37.5 Å². The molecule has 0 radical (unpaired) electrons. The number of hydrogen-bond acceptors (Lipinski definition) is 24. The molecule has 30 nitrogen and oxygen atoms in total. The second kappa shape index (κ2) is 39.9. The number of carbonyl (C=O) groups is 1. The van der Waals surface area contributed by atoms with Gasteiger partial charge in [-0.2, -0.15) is 25.5 Å². The smallest absolute Gasteiger partial charge is 0.249 e. The predicted octanol–water partition coefficient (Wildman–Crippen LogP) is 21.5. The number of furan rings is 1. The highest BCUT2D eigenvalue weighted by Gasteiger charge is 2.27. The molecule has 1 amide bonds. The molecule has 1 N–H and O–H groups in total. The van der Waals surface area contributed by atoms with Crippen LogP contribution >= 0.6 is 79.6 Å². The van der Waals surface area contributed by atoms with Gasteiger partial charge in [-0.3, -0.25) is 4.79 Å². The van der Waals surface area contributed by atoms with Crippen LogP contribution in [-0.2, 0) is 54.0 Å². The Morgan fingerprint density at radius 1 is 0.314 bits per heavy atom. The second-order valence-corrected chi connectivity index (χ2v) is 45.6. The number of para-hydroxylation sites is 2. The number of benzene rings is 10. The van der Waals surface area contributed by atoms with E-state index >= 15 is 0 Å². The number of nitrogens with one attached hydrogen (secondary N) is 1. The van der Waals surface area contributed by atoms with E-state index in [1.807, 2.05) is 224 Å². The maximum absolute atomic E-state index is 13.1. The van der Waals surface area contributed by atoms with Crippen LogP contribution in [0.3, 0.4) is 0 Å². The van der Waals surface area contributed by atoms with Crippen molar-refractivity contribution in [3.63, 3.8) is 0 Å². The third-order valence-electron chi connectivity index (χ3n) is 21.7. The number of amides is 1. The first-order chi connectivity index (χ1) is 66.7. The fraction of sp³-hybridized carbons (Fsp3) is 0.0808. The van der Waals surface area contributed by atoms with Gasteiger partial charge in [0, 0.05) is 82.5 Å². The molecule has 0 aliphatic heterocycles. The molecule has 11 heterocycles. The summed E-state index contributed by atoms with van der Waals surface area (Å²) in [5.74, 6) is 1.18. The first-order valence-corrected chi connectivity index (χ1v) is 55.1. The summed E-state index contributed by atoms with van der Waals surface area (Å²) in [4.78, 5) is 33.1. The molecule has 41 heteroatoms. The normalized spacial score (nSPS) is 11.8. The van der Waals surface area contributed by atoms with Gasteiger partial charge in [0.05, 0.1) is 124 Å². The number of halogens is 6. The van der Waals surface area contributed by atoms with Gasteiger partial charge in [0.15, 0.2) is 0 Å². The molecule has 21 rings (SSSR count). The Bertz CT molecular complexity index is 9080. The molecule has 0 saturated carbocycles. The van der Waals surface area contributed by atoms with Crippen molar-refractivity contribution < 1.29 is 65.2 Å². The first kappa shape index (κ1) is 97.9. The van der Waals surface area contributed by atoms with Crippen LogP contribution in [0.4, 0.5) is 10.1 Å². The SMILES string of the molecule is CC(=O)Nc1cccc(-c2ccc(-c3cc4c(Br)cnn4c(S(C)(=O)=O)n3)cc2)c1.COc1ccc(-c2ccc(-c3cc4c(Br)cnn4c(S(C)(=O)=O)n3)cc2)cc1.COc1cccc(-c2ccc(-c3cc4c(Br)cnn4c(S(C)(=O)=O)n3)cc2)c1.CS(=O)(=O)c1nc(-c2ccc(-c3ccc(F)cc3)cc2)cc2c(Br)cnn12.CS(=O)(=O)c1nc(-c2cccc3c2oc2ccccc23)cc2c(Br)cnn12. The van der Waals surface area contributed by atoms with Crippen LogP contribution in [-0.4, -0.2) is 166 Å². The number of fused-ring (bicyclic) bond motifs is 8. The summed E-state index contributed by atoms with van der Waals surface area (Å²) in [6.45, 7) is 1.47. The van der Waals surface area contributed by atoms with Gasteiger partial charge in [0.2, 0.25) is 80.9 Å². The lowest BCUT2D eigenvalue weighted by Gasteiger charge is -2.09. The molecule has 11 aromatic heterocycles. The molecule has 0 fully saturated rings. The van der Waals surface area contributed by atoms with Crippen LogP contribution in [0, 0.1) is 5.82 Å². The summed E-state index contributed by atoms with van der Waals surface area (Å²) in [5.41, 5.74) is 19.8. The van der Waals surface area contributed by atoms with E-state index < -0.39 is 49.2 Å². The quantitative estimate of drug-likeness (QED) is 0.0827. The molecule has 0 aliphatic carbocycles. The minimum Gasteiger partial charge on any atom is -0.497 e. The zero-order valence-electron chi connectivity index (χ0n) is 74.5. The van der Waals surface area contributed by atoms with Crippen LogP contribution in [0.2, 0.25) is 0 Å². The van der Waals surface area contributed by atoms with Gasteiger partial charge >= 0.3 is 0 Å². The van der Waals surface area contributed by atoms with E-state index in [0.717, 1.165) is 137 Å². The van der Waals surface area contributed by atoms with E-state index in [2.05, 4.69) is 135 Å². The van der Waals surface area contributed by atoms with Crippen molar-refractivity contribution in [1.29, 1.82) is 0 Å². The molecule has 0 saturated heterocycles. The van der Waals surface area contributed by atoms with E-state index in [9.17, 15) is 51.3 Å². The Hall–Kier alpha value is -13.8. The lowest BCUT2D eigenvalue weighted by atomic mass is 10.0. The van der Waals surface area contributed by atoms with E-state index in [1.165, 1.54) is 47.8 Å². The third kappa shape index (κ3) is 21.2. The average molecular weight is 2290 g/mol. The maximum atomic E-state index is 13.1. The lowest BCUT2D eigenvalue weighted by Crippen LogP contribution is -2.10. The van der Waals surface area contributed by atoms with Crippen LogP contribution < -0.4 is 14.8 Å². The number of aromatic nitrogens is 15. The minimum absolute atomic E-state index is 0.0927. The summed E-state index contributed by atoms with van der Waals surface area (Å²) in [6, 6.07) is 82.7. The van der Waals surface area contributed by atoms with Crippen molar-refractivity contribution in [2.75, 3.05) is 50.8 Å². The van der Waals surface area contributed by atoms with Crippen molar-refractivity contribution in [1.82, 2.24) is 73.0 Å². The molecule has 0 bridgehead atoms. The number of hydrogen-bond donors (Lipinski definition) is 1. The molecular weight excluding hydrogens is 2220 g/mol. The fourth-order valence-corrected chi connectivity index (χ4v) is 20.6. The Labute approximate surface area is 842 Å². The molecule has 0 aliphatic rings. The predicted molar refractivity (Wildman–Crippen MR) is 553 cm³/mol. The monoisotopic (exact) mass is 2280 g/mol. The zero-order chi connectivity index (χ0) is 99.2.